The monoisotopic (exact) mass is 391 g/mol. The topological polar surface area (TPSA) is 89.5 Å². The number of hydrogen-bond donors (Lipinski definition) is 2. The first-order valence-corrected chi connectivity index (χ1v) is 9.06. The van der Waals surface area contributed by atoms with Crippen LogP contribution < -0.4 is 15.4 Å². The second kappa shape index (κ2) is 9.36. The van der Waals surface area contributed by atoms with Crippen molar-refractivity contribution in [3.8, 4) is 5.75 Å². The highest BCUT2D eigenvalue weighted by molar-refractivity contribution is 6.07. The van der Waals surface area contributed by atoms with Crippen LogP contribution in [0.2, 0.25) is 0 Å². The van der Waals surface area contributed by atoms with Gasteiger partial charge in [0.2, 0.25) is 0 Å². The minimum absolute atomic E-state index is 0.256. The Kier molecular flexibility index (Phi) is 6.42. The van der Waals surface area contributed by atoms with Gasteiger partial charge in [0.25, 0.3) is 5.91 Å². The predicted molar refractivity (Wildman–Crippen MR) is 111 cm³/mol. The molecule has 0 saturated carbocycles. The minimum Gasteiger partial charge on any atom is -0.495 e. The smallest absolute Gasteiger partial charge is 0.340 e. The van der Waals surface area contributed by atoms with Crippen molar-refractivity contribution in [1.29, 1.82) is 0 Å². The Balaban J connectivity index is 1.72. The number of amides is 1. The van der Waals surface area contributed by atoms with Gasteiger partial charge in [0, 0.05) is 6.20 Å². The van der Waals surface area contributed by atoms with E-state index in [-0.39, 0.29) is 12.5 Å². The second-order valence-corrected chi connectivity index (χ2v) is 5.98. The van der Waals surface area contributed by atoms with Crippen molar-refractivity contribution in [2.75, 3.05) is 24.4 Å². The molecule has 0 unspecified atom stereocenters. The van der Waals surface area contributed by atoms with Crippen LogP contribution in [0, 0.1) is 0 Å². The fourth-order valence-electron chi connectivity index (χ4n) is 2.66. The molecule has 3 aromatic rings. The van der Waals surface area contributed by atoms with Gasteiger partial charge in [-0.1, -0.05) is 24.3 Å². The Labute approximate surface area is 168 Å². The molecule has 7 heteroatoms. The maximum absolute atomic E-state index is 12.6. The maximum Gasteiger partial charge on any atom is 0.340 e. The molecule has 2 N–H and O–H groups in total. The van der Waals surface area contributed by atoms with Gasteiger partial charge in [0.15, 0.2) is 0 Å². The average molecular weight is 391 g/mol. The summed E-state index contributed by atoms with van der Waals surface area (Å²) in [5.41, 5.74) is 1.80. The van der Waals surface area contributed by atoms with Gasteiger partial charge >= 0.3 is 5.97 Å². The van der Waals surface area contributed by atoms with E-state index in [2.05, 4.69) is 15.6 Å². The molecule has 1 amide bonds. The van der Waals surface area contributed by atoms with E-state index in [9.17, 15) is 9.59 Å². The SMILES string of the molecule is CCOC(=O)c1ccccc1NC(=O)c1ccc(Nc2ccccc2OC)nc1. The highest BCUT2D eigenvalue weighted by Gasteiger charge is 2.15. The van der Waals surface area contributed by atoms with E-state index in [1.807, 2.05) is 24.3 Å². The van der Waals surface area contributed by atoms with Crippen molar-refractivity contribution in [2.45, 2.75) is 6.92 Å². The first kappa shape index (κ1) is 19.9. The van der Waals surface area contributed by atoms with Crippen molar-refractivity contribution >= 4 is 29.1 Å². The van der Waals surface area contributed by atoms with Gasteiger partial charge in [-0.2, -0.15) is 0 Å². The lowest BCUT2D eigenvalue weighted by atomic mass is 10.1. The Morgan fingerprint density at radius 3 is 2.38 bits per heavy atom. The van der Waals surface area contributed by atoms with Crippen LogP contribution in [-0.2, 0) is 4.74 Å². The Morgan fingerprint density at radius 2 is 1.69 bits per heavy atom. The minimum atomic E-state index is -0.488. The molecule has 1 heterocycles. The zero-order valence-electron chi connectivity index (χ0n) is 16.1. The molecule has 29 heavy (non-hydrogen) atoms. The van der Waals surface area contributed by atoms with E-state index in [4.69, 9.17) is 9.47 Å². The highest BCUT2D eigenvalue weighted by atomic mass is 16.5. The highest BCUT2D eigenvalue weighted by Crippen LogP contribution is 2.26. The average Bonchev–Trinajstić information content (AvgIpc) is 2.75. The van der Waals surface area contributed by atoms with E-state index in [1.165, 1.54) is 6.20 Å². The number of ether oxygens (including phenoxy) is 2. The van der Waals surface area contributed by atoms with E-state index in [0.717, 1.165) is 5.69 Å². The summed E-state index contributed by atoms with van der Waals surface area (Å²) in [6.45, 7) is 1.98. The first-order chi connectivity index (χ1) is 14.1. The van der Waals surface area contributed by atoms with Crippen LogP contribution in [0.3, 0.4) is 0 Å². The summed E-state index contributed by atoms with van der Waals surface area (Å²) in [6, 6.07) is 17.5. The number of hydrogen-bond acceptors (Lipinski definition) is 6. The molecule has 3 rings (SSSR count). The molecule has 0 aliphatic rings. The van der Waals surface area contributed by atoms with Crippen LogP contribution in [0.1, 0.15) is 27.6 Å². The molecule has 7 nitrogen and oxygen atoms in total. The molecule has 0 radical (unpaired) electrons. The molecular formula is C22H21N3O4. The molecule has 0 spiro atoms. The number of carbonyl (C=O) groups excluding carboxylic acids is 2. The lowest BCUT2D eigenvalue weighted by Gasteiger charge is -2.12. The number of anilines is 3. The first-order valence-electron chi connectivity index (χ1n) is 9.06. The van der Waals surface area contributed by atoms with Crippen molar-refractivity contribution < 1.29 is 19.1 Å². The number of aromatic nitrogens is 1. The van der Waals surface area contributed by atoms with Crippen molar-refractivity contribution in [2.24, 2.45) is 0 Å². The van der Waals surface area contributed by atoms with Crippen LogP contribution >= 0.6 is 0 Å². The summed E-state index contributed by atoms with van der Waals surface area (Å²) >= 11 is 0. The van der Waals surface area contributed by atoms with Gasteiger partial charge in [0.05, 0.1) is 36.2 Å². The molecule has 0 fully saturated rings. The van der Waals surface area contributed by atoms with Gasteiger partial charge in [-0.25, -0.2) is 9.78 Å². The normalized spacial score (nSPS) is 10.1. The van der Waals surface area contributed by atoms with Gasteiger partial charge < -0.3 is 20.1 Å². The number of methoxy groups -OCH3 is 1. The number of nitrogens with one attached hydrogen (secondary N) is 2. The molecule has 0 aliphatic carbocycles. The Bertz CT molecular complexity index is 1000. The van der Waals surface area contributed by atoms with Crippen LogP contribution in [-0.4, -0.2) is 30.6 Å². The van der Waals surface area contributed by atoms with Gasteiger partial charge in [-0.15, -0.1) is 0 Å². The lowest BCUT2D eigenvalue weighted by Crippen LogP contribution is -2.16. The van der Waals surface area contributed by atoms with E-state index in [1.54, 1.807) is 50.4 Å². The van der Waals surface area contributed by atoms with Crippen molar-refractivity contribution in [3.63, 3.8) is 0 Å². The lowest BCUT2D eigenvalue weighted by molar-refractivity contribution is 0.0527. The molecule has 0 saturated heterocycles. The molecule has 0 aliphatic heterocycles. The number of carbonyl (C=O) groups is 2. The molecular weight excluding hydrogens is 370 g/mol. The fourth-order valence-corrected chi connectivity index (χ4v) is 2.66. The Hall–Kier alpha value is -3.87. The number of pyridine rings is 1. The zero-order chi connectivity index (χ0) is 20.6. The quantitative estimate of drug-likeness (QED) is 0.585. The standard InChI is InChI=1S/C22H21N3O4/c1-3-29-22(27)16-8-4-5-9-17(16)25-21(26)15-12-13-20(23-14-15)24-18-10-6-7-11-19(18)28-2/h4-14H,3H2,1-2H3,(H,23,24)(H,25,26). The number of nitrogens with zero attached hydrogens (tertiary/aromatic N) is 1. The zero-order valence-corrected chi connectivity index (χ0v) is 16.1. The number of para-hydroxylation sites is 3. The third-order valence-electron chi connectivity index (χ3n) is 4.07. The van der Waals surface area contributed by atoms with Crippen molar-refractivity contribution in [3.05, 3.63) is 78.0 Å². The Morgan fingerprint density at radius 1 is 0.966 bits per heavy atom. The van der Waals surface area contributed by atoms with E-state index < -0.39 is 5.97 Å². The van der Waals surface area contributed by atoms with E-state index >= 15 is 0 Å². The van der Waals surface area contributed by atoms with Crippen molar-refractivity contribution in [1.82, 2.24) is 4.98 Å². The maximum atomic E-state index is 12.6. The number of rotatable bonds is 7. The van der Waals surface area contributed by atoms with Crippen LogP contribution in [0.15, 0.2) is 66.9 Å². The van der Waals surface area contributed by atoms with Crippen LogP contribution in [0.5, 0.6) is 5.75 Å². The molecule has 2 aromatic carbocycles. The third-order valence-corrected chi connectivity index (χ3v) is 4.07. The molecule has 0 atom stereocenters. The van der Waals surface area contributed by atoms with Crippen LogP contribution in [0.25, 0.3) is 0 Å². The van der Waals surface area contributed by atoms with E-state index in [0.29, 0.717) is 28.4 Å². The third kappa shape index (κ3) is 4.90. The second-order valence-electron chi connectivity index (χ2n) is 5.98. The summed E-state index contributed by atoms with van der Waals surface area (Å²) in [7, 11) is 1.59. The summed E-state index contributed by atoms with van der Waals surface area (Å²) in [4.78, 5) is 28.9. The molecule has 148 valence electrons. The summed E-state index contributed by atoms with van der Waals surface area (Å²) in [5.74, 6) is 0.389. The molecule has 0 bridgehead atoms. The fraction of sp³-hybridized carbons (Fsp3) is 0.136. The largest absolute Gasteiger partial charge is 0.495 e. The van der Waals surface area contributed by atoms with Crippen LogP contribution in [0.4, 0.5) is 17.2 Å². The summed E-state index contributed by atoms with van der Waals surface area (Å²) in [5, 5.41) is 5.88. The van der Waals surface area contributed by atoms with Gasteiger partial charge in [-0.05, 0) is 43.3 Å². The summed E-state index contributed by atoms with van der Waals surface area (Å²) in [6.07, 6.45) is 1.46. The predicted octanol–water partition coefficient (Wildman–Crippen LogP) is 4.26. The van der Waals surface area contributed by atoms with Gasteiger partial charge in [-0.3, -0.25) is 4.79 Å². The summed E-state index contributed by atoms with van der Waals surface area (Å²) < 4.78 is 10.3. The number of esters is 1. The van der Waals surface area contributed by atoms with Gasteiger partial charge in [0.1, 0.15) is 11.6 Å². The number of benzene rings is 2. The molecule has 1 aromatic heterocycles.